The Labute approximate surface area is 104 Å². The van der Waals surface area contributed by atoms with Gasteiger partial charge in [-0.1, -0.05) is 0 Å². The number of benzene rings is 1. The van der Waals surface area contributed by atoms with Gasteiger partial charge in [0.1, 0.15) is 11.8 Å². The number of carbonyl (C=O) groups is 2. The molecule has 0 spiro atoms. The number of hydrogen-bond donors (Lipinski definition) is 2. The number of amides is 3. The predicted octanol–water partition coefficient (Wildman–Crippen LogP) is 0.322. The van der Waals surface area contributed by atoms with E-state index in [-0.39, 0.29) is 12.5 Å². The molecule has 1 saturated heterocycles. The monoisotopic (exact) mass is 247 g/mol. The molecule has 1 fully saturated rings. The van der Waals surface area contributed by atoms with Crippen LogP contribution in [-0.2, 0) is 4.79 Å². The quantitative estimate of drug-likeness (QED) is 0.755. The molecule has 0 aromatic heterocycles. The van der Waals surface area contributed by atoms with Crippen molar-refractivity contribution in [3.05, 3.63) is 29.8 Å². The van der Waals surface area contributed by atoms with Gasteiger partial charge in [0.05, 0.1) is 13.7 Å². The van der Waals surface area contributed by atoms with Crippen LogP contribution in [0.3, 0.4) is 0 Å². The third kappa shape index (κ3) is 2.85. The van der Waals surface area contributed by atoms with E-state index in [1.807, 2.05) is 24.3 Å². The van der Waals surface area contributed by atoms with Gasteiger partial charge in [-0.3, -0.25) is 15.1 Å². The Bertz CT molecular complexity index is 482. The summed E-state index contributed by atoms with van der Waals surface area (Å²) in [5.74, 6) is 0.373. The number of rotatable bonds is 3. The van der Waals surface area contributed by atoms with Gasteiger partial charge in [0.15, 0.2) is 0 Å². The van der Waals surface area contributed by atoms with E-state index in [1.165, 1.54) is 0 Å². The Morgan fingerprint density at radius 3 is 2.67 bits per heavy atom. The van der Waals surface area contributed by atoms with Crippen LogP contribution in [0.5, 0.6) is 5.75 Å². The molecule has 0 saturated carbocycles. The Balaban J connectivity index is 2.01. The first kappa shape index (κ1) is 12.1. The van der Waals surface area contributed by atoms with Gasteiger partial charge in [0.25, 0.3) is 5.91 Å². The molecular formula is C12H13N3O3. The van der Waals surface area contributed by atoms with Crippen LogP contribution in [0.2, 0.25) is 0 Å². The van der Waals surface area contributed by atoms with Crippen molar-refractivity contribution in [1.82, 2.24) is 10.6 Å². The van der Waals surface area contributed by atoms with Crippen LogP contribution in [0, 0.1) is 0 Å². The minimum atomic E-state index is -0.579. The summed E-state index contributed by atoms with van der Waals surface area (Å²) in [4.78, 5) is 26.4. The number of urea groups is 1. The zero-order valence-electron chi connectivity index (χ0n) is 9.84. The number of hydrogen-bond acceptors (Lipinski definition) is 4. The van der Waals surface area contributed by atoms with Crippen LogP contribution in [0.25, 0.3) is 0 Å². The molecule has 1 atom stereocenters. The molecule has 1 aromatic rings. The number of nitrogens with zero attached hydrogens (tertiary/aromatic N) is 1. The maximum atomic E-state index is 11.4. The van der Waals surface area contributed by atoms with E-state index < -0.39 is 12.1 Å². The second-order valence-corrected chi connectivity index (χ2v) is 3.77. The molecule has 1 aromatic carbocycles. The highest BCUT2D eigenvalue weighted by molar-refractivity contribution is 6.00. The van der Waals surface area contributed by atoms with Crippen molar-refractivity contribution in [3.63, 3.8) is 0 Å². The lowest BCUT2D eigenvalue weighted by Crippen LogP contribution is -2.54. The zero-order valence-corrected chi connectivity index (χ0v) is 9.84. The molecule has 0 bridgehead atoms. The van der Waals surface area contributed by atoms with Gasteiger partial charge in [0.2, 0.25) is 0 Å². The molecule has 0 aliphatic carbocycles. The molecule has 1 unspecified atom stereocenters. The first-order valence-corrected chi connectivity index (χ1v) is 5.45. The lowest BCUT2D eigenvalue weighted by Gasteiger charge is -2.18. The van der Waals surface area contributed by atoms with Crippen molar-refractivity contribution < 1.29 is 14.3 Å². The highest BCUT2D eigenvalue weighted by Gasteiger charge is 2.24. The standard InChI is InChI=1S/C12H13N3O3/c1-18-9-4-2-8(3-5-9)6-13-10-7-14-12(17)15-11(10)16/h2-6,10H,7H2,1H3,(H2,14,15,16,17). The smallest absolute Gasteiger partial charge is 0.321 e. The third-order valence-corrected chi connectivity index (χ3v) is 2.51. The van der Waals surface area contributed by atoms with Crippen LogP contribution >= 0.6 is 0 Å². The average Bonchev–Trinajstić information content (AvgIpc) is 2.38. The largest absolute Gasteiger partial charge is 0.497 e. The summed E-state index contributed by atoms with van der Waals surface area (Å²) in [6.45, 7) is 0.220. The van der Waals surface area contributed by atoms with E-state index in [0.717, 1.165) is 11.3 Å². The van der Waals surface area contributed by atoms with E-state index in [2.05, 4.69) is 15.6 Å². The van der Waals surface area contributed by atoms with E-state index in [0.29, 0.717) is 0 Å². The van der Waals surface area contributed by atoms with Gasteiger partial charge in [-0.15, -0.1) is 0 Å². The fourth-order valence-electron chi connectivity index (χ4n) is 1.51. The summed E-state index contributed by atoms with van der Waals surface area (Å²) in [6, 6.07) is 6.23. The SMILES string of the molecule is COc1ccc(C=NC2CNC(=O)NC2=O)cc1. The van der Waals surface area contributed by atoms with E-state index in [1.54, 1.807) is 13.3 Å². The number of methoxy groups -OCH3 is 1. The Morgan fingerprint density at radius 1 is 1.33 bits per heavy atom. The van der Waals surface area contributed by atoms with Gasteiger partial charge in [-0.05, 0) is 29.8 Å². The van der Waals surface area contributed by atoms with E-state index in [9.17, 15) is 9.59 Å². The molecule has 2 N–H and O–H groups in total. The van der Waals surface area contributed by atoms with Crippen LogP contribution in [-0.4, -0.2) is 37.8 Å². The lowest BCUT2D eigenvalue weighted by molar-refractivity contribution is -0.121. The van der Waals surface area contributed by atoms with Gasteiger partial charge in [-0.25, -0.2) is 4.79 Å². The molecule has 1 aliphatic heterocycles. The second kappa shape index (κ2) is 5.31. The summed E-state index contributed by atoms with van der Waals surface area (Å²) in [6.07, 6.45) is 1.60. The molecule has 18 heavy (non-hydrogen) atoms. The number of imide groups is 1. The van der Waals surface area contributed by atoms with Crippen LogP contribution in [0.1, 0.15) is 5.56 Å². The minimum Gasteiger partial charge on any atom is -0.497 e. The summed E-state index contributed by atoms with van der Waals surface area (Å²) < 4.78 is 5.04. The minimum absolute atomic E-state index is 0.220. The fraction of sp³-hybridized carbons (Fsp3) is 0.250. The molecule has 2 rings (SSSR count). The van der Waals surface area contributed by atoms with Crippen molar-refractivity contribution in [1.29, 1.82) is 0 Å². The Hall–Kier alpha value is -2.37. The normalized spacial score (nSPS) is 19.5. The number of nitrogens with one attached hydrogen (secondary N) is 2. The van der Waals surface area contributed by atoms with Gasteiger partial charge >= 0.3 is 6.03 Å². The summed E-state index contributed by atoms with van der Waals surface area (Å²) in [7, 11) is 1.60. The summed E-state index contributed by atoms with van der Waals surface area (Å²) >= 11 is 0. The van der Waals surface area contributed by atoms with Crippen LogP contribution in [0.15, 0.2) is 29.3 Å². The molecule has 94 valence electrons. The number of aliphatic imine (C=N–C) groups is 1. The first-order valence-electron chi connectivity index (χ1n) is 5.45. The first-order chi connectivity index (χ1) is 8.69. The van der Waals surface area contributed by atoms with E-state index >= 15 is 0 Å². The fourth-order valence-corrected chi connectivity index (χ4v) is 1.51. The highest BCUT2D eigenvalue weighted by Crippen LogP contribution is 2.10. The maximum Gasteiger partial charge on any atom is 0.321 e. The lowest BCUT2D eigenvalue weighted by atomic mass is 10.2. The van der Waals surface area contributed by atoms with Crippen molar-refractivity contribution in [2.75, 3.05) is 13.7 Å². The topological polar surface area (TPSA) is 79.8 Å². The average molecular weight is 247 g/mol. The van der Waals surface area contributed by atoms with Crippen LogP contribution < -0.4 is 15.4 Å². The van der Waals surface area contributed by atoms with Gasteiger partial charge in [0, 0.05) is 6.21 Å². The molecule has 1 heterocycles. The predicted molar refractivity (Wildman–Crippen MR) is 65.9 cm³/mol. The molecule has 6 heteroatoms. The van der Waals surface area contributed by atoms with Gasteiger partial charge < -0.3 is 10.1 Å². The van der Waals surface area contributed by atoms with Crippen molar-refractivity contribution >= 4 is 18.2 Å². The van der Waals surface area contributed by atoms with Crippen LogP contribution in [0.4, 0.5) is 4.79 Å². The zero-order chi connectivity index (χ0) is 13.0. The van der Waals surface area contributed by atoms with E-state index in [4.69, 9.17) is 4.74 Å². The summed E-state index contributed by atoms with van der Waals surface area (Å²) in [5, 5.41) is 4.67. The Kier molecular flexibility index (Phi) is 3.57. The molecular weight excluding hydrogens is 234 g/mol. The number of carbonyl (C=O) groups excluding carboxylic acids is 2. The molecule has 0 radical (unpaired) electrons. The van der Waals surface area contributed by atoms with Crippen molar-refractivity contribution in [2.45, 2.75) is 6.04 Å². The Morgan fingerprint density at radius 2 is 2.06 bits per heavy atom. The molecule has 6 nitrogen and oxygen atoms in total. The highest BCUT2D eigenvalue weighted by atomic mass is 16.5. The van der Waals surface area contributed by atoms with Crippen molar-refractivity contribution in [2.24, 2.45) is 4.99 Å². The number of ether oxygens (including phenoxy) is 1. The van der Waals surface area contributed by atoms with Gasteiger partial charge in [-0.2, -0.15) is 0 Å². The van der Waals surface area contributed by atoms with Crippen molar-refractivity contribution in [3.8, 4) is 5.75 Å². The maximum absolute atomic E-state index is 11.4. The molecule has 3 amide bonds. The summed E-state index contributed by atoms with van der Waals surface area (Å²) in [5.41, 5.74) is 0.862. The third-order valence-electron chi connectivity index (χ3n) is 2.51. The molecule has 1 aliphatic rings. The second-order valence-electron chi connectivity index (χ2n) is 3.77.